The van der Waals surface area contributed by atoms with Crippen LogP contribution in [0.1, 0.15) is 90.0 Å². The van der Waals surface area contributed by atoms with Crippen LogP contribution in [0.3, 0.4) is 0 Å². The van der Waals surface area contributed by atoms with E-state index in [0.29, 0.717) is 23.3 Å². The molecule has 1 saturated carbocycles. The number of hydrogen-bond donors (Lipinski definition) is 0. The molecule has 0 amide bonds. The molecule has 0 aromatic heterocycles. The number of hydrogen-bond acceptors (Lipinski definition) is 1. The number of benzene rings is 3. The second-order valence-electron chi connectivity index (χ2n) is 11.1. The highest BCUT2D eigenvalue weighted by molar-refractivity contribution is 5.72. The summed E-state index contributed by atoms with van der Waals surface area (Å²) in [6.45, 7) is 5.17. The van der Waals surface area contributed by atoms with E-state index in [-0.39, 0.29) is 5.56 Å². The minimum Gasteiger partial charge on any atom is -0.494 e. The van der Waals surface area contributed by atoms with Crippen LogP contribution >= 0.6 is 0 Å². The van der Waals surface area contributed by atoms with Gasteiger partial charge in [-0.15, -0.1) is 0 Å². The van der Waals surface area contributed by atoms with E-state index in [9.17, 15) is 0 Å². The average Bonchev–Trinajstić information content (AvgIpc) is 2.95. The Hall–Kier alpha value is -2.68. The zero-order chi connectivity index (χ0) is 26.7. The van der Waals surface area contributed by atoms with Crippen molar-refractivity contribution in [1.82, 2.24) is 0 Å². The molecule has 0 bridgehead atoms. The van der Waals surface area contributed by atoms with E-state index in [1.54, 1.807) is 12.1 Å². The van der Waals surface area contributed by atoms with Crippen molar-refractivity contribution < 1.29 is 13.5 Å². The Morgan fingerprint density at radius 1 is 0.632 bits per heavy atom. The van der Waals surface area contributed by atoms with Crippen LogP contribution in [0.5, 0.6) is 5.75 Å². The van der Waals surface area contributed by atoms with Gasteiger partial charge in [0.2, 0.25) is 0 Å². The number of ether oxygens (including phenoxy) is 1. The maximum absolute atomic E-state index is 15.1. The summed E-state index contributed by atoms with van der Waals surface area (Å²) in [4.78, 5) is 0. The van der Waals surface area contributed by atoms with E-state index in [1.165, 1.54) is 63.4 Å². The summed E-state index contributed by atoms with van der Waals surface area (Å²) in [6.07, 6.45) is 15.1. The average molecular weight is 519 g/mol. The molecule has 0 aliphatic heterocycles. The topological polar surface area (TPSA) is 9.23 Å². The molecule has 0 saturated heterocycles. The summed E-state index contributed by atoms with van der Waals surface area (Å²) >= 11 is 0. The van der Waals surface area contributed by atoms with Crippen LogP contribution < -0.4 is 4.74 Å². The molecule has 0 radical (unpaired) electrons. The number of aryl methyl sites for hydroxylation is 1. The quantitative estimate of drug-likeness (QED) is 0.204. The van der Waals surface area contributed by atoms with E-state index in [4.69, 9.17) is 4.74 Å². The van der Waals surface area contributed by atoms with Crippen molar-refractivity contribution in [3.8, 4) is 28.0 Å². The fraction of sp³-hybridized carbons (Fsp3) is 0.486. The van der Waals surface area contributed by atoms with Crippen LogP contribution in [0, 0.1) is 23.5 Å². The fourth-order valence-electron chi connectivity index (χ4n) is 5.80. The highest BCUT2D eigenvalue weighted by Crippen LogP contribution is 2.34. The van der Waals surface area contributed by atoms with Gasteiger partial charge in [-0.25, -0.2) is 8.78 Å². The van der Waals surface area contributed by atoms with Crippen LogP contribution in [-0.4, -0.2) is 6.61 Å². The molecule has 4 rings (SSSR count). The van der Waals surface area contributed by atoms with Crippen LogP contribution in [0.4, 0.5) is 8.78 Å². The lowest BCUT2D eigenvalue weighted by molar-refractivity contribution is 0.210. The molecule has 1 aliphatic carbocycles. The first kappa shape index (κ1) is 28.3. The third-order valence-electron chi connectivity index (χ3n) is 8.31. The molecular weight excluding hydrogens is 474 g/mol. The summed E-state index contributed by atoms with van der Waals surface area (Å²) in [5, 5.41) is 0. The number of rotatable bonds is 13. The SMILES string of the molecule is CCCCCc1ccc(-c2ccc(-c3ccc(OCCC4CCC(CCCC)CC4)cc3)c(F)c2F)cc1. The zero-order valence-corrected chi connectivity index (χ0v) is 23.3. The van der Waals surface area contributed by atoms with Crippen molar-refractivity contribution in [2.45, 2.75) is 90.9 Å². The first-order valence-electron chi connectivity index (χ1n) is 14.9. The van der Waals surface area contributed by atoms with E-state index >= 15 is 8.78 Å². The molecule has 38 heavy (non-hydrogen) atoms. The molecule has 3 aromatic rings. The minimum atomic E-state index is -0.808. The standard InChI is InChI=1S/C35H44F2O/c1-3-5-7-9-27-14-16-29(17-15-27)32-22-23-33(35(37)34(32)36)30-18-20-31(21-19-30)38-25-24-28-12-10-26(11-13-28)8-6-4-2/h14-23,26,28H,3-13,24-25H2,1-2H3. The molecular formula is C35H44F2O. The summed E-state index contributed by atoms with van der Waals surface area (Å²) < 4.78 is 36.2. The molecule has 1 nitrogen and oxygen atoms in total. The largest absolute Gasteiger partial charge is 0.494 e. The summed E-state index contributed by atoms with van der Waals surface area (Å²) in [7, 11) is 0. The van der Waals surface area contributed by atoms with Gasteiger partial charge in [-0.05, 0) is 59.9 Å². The van der Waals surface area contributed by atoms with Gasteiger partial charge in [0.05, 0.1) is 6.61 Å². The van der Waals surface area contributed by atoms with Crippen LogP contribution in [0.15, 0.2) is 60.7 Å². The van der Waals surface area contributed by atoms with Crippen molar-refractivity contribution in [1.29, 1.82) is 0 Å². The molecule has 1 fully saturated rings. The molecule has 0 unspecified atom stereocenters. The molecule has 0 spiro atoms. The lowest BCUT2D eigenvalue weighted by Crippen LogP contribution is -2.16. The summed E-state index contributed by atoms with van der Waals surface area (Å²) in [6, 6.07) is 18.5. The predicted octanol–water partition coefficient (Wildman–Crippen LogP) is 10.8. The Labute approximate surface area is 228 Å². The van der Waals surface area contributed by atoms with Gasteiger partial charge in [-0.2, -0.15) is 0 Å². The number of unbranched alkanes of at least 4 members (excludes halogenated alkanes) is 3. The number of halogens is 2. The maximum atomic E-state index is 15.1. The first-order chi connectivity index (χ1) is 18.6. The minimum absolute atomic E-state index is 0.272. The summed E-state index contributed by atoms with van der Waals surface area (Å²) in [5.41, 5.74) is 3.15. The van der Waals surface area contributed by atoms with Crippen molar-refractivity contribution in [3.63, 3.8) is 0 Å². The molecule has 1 aliphatic rings. The van der Waals surface area contributed by atoms with Crippen molar-refractivity contribution in [2.75, 3.05) is 6.61 Å². The van der Waals surface area contributed by atoms with Gasteiger partial charge >= 0.3 is 0 Å². The van der Waals surface area contributed by atoms with Gasteiger partial charge in [0.1, 0.15) is 5.75 Å². The Morgan fingerprint density at radius 3 is 1.71 bits per heavy atom. The highest BCUT2D eigenvalue weighted by Gasteiger charge is 2.21. The van der Waals surface area contributed by atoms with Gasteiger partial charge in [0.15, 0.2) is 11.6 Å². The molecule has 3 heteroatoms. The Morgan fingerprint density at radius 2 is 1.16 bits per heavy atom. The zero-order valence-electron chi connectivity index (χ0n) is 23.3. The van der Waals surface area contributed by atoms with E-state index in [0.717, 1.165) is 36.8 Å². The Balaban J connectivity index is 1.31. The Bertz CT molecular complexity index is 1110. The lowest BCUT2D eigenvalue weighted by Gasteiger charge is -2.28. The van der Waals surface area contributed by atoms with E-state index < -0.39 is 11.6 Å². The van der Waals surface area contributed by atoms with Crippen molar-refractivity contribution in [3.05, 3.63) is 77.9 Å². The normalized spacial score (nSPS) is 17.5. The Kier molecular flexibility index (Phi) is 10.8. The summed E-state index contributed by atoms with van der Waals surface area (Å²) in [5.74, 6) is 0.866. The van der Waals surface area contributed by atoms with Gasteiger partial charge in [0.25, 0.3) is 0 Å². The third kappa shape index (κ3) is 7.68. The molecule has 3 aromatic carbocycles. The van der Waals surface area contributed by atoms with E-state index in [1.807, 2.05) is 48.5 Å². The smallest absolute Gasteiger partial charge is 0.167 e. The molecule has 204 valence electrons. The van der Waals surface area contributed by atoms with Crippen LogP contribution in [0.2, 0.25) is 0 Å². The predicted molar refractivity (Wildman–Crippen MR) is 156 cm³/mol. The monoisotopic (exact) mass is 518 g/mol. The molecule has 0 atom stereocenters. The van der Waals surface area contributed by atoms with E-state index in [2.05, 4.69) is 13.8 Å². The lowest BCUT2D eigenvalue weighted by atomic mass is 9.79. The second-order valence-corrected chi connectivity index (χ2v) is 11.1. The third-order valence-corrected chi connectivity index (χ3v) is 8.31. The van der Waals surface area contributed by atoms with Gasteiger partial charge in [-0.3, -0.25) is 0 Å². The van der Waals surface area contributed by atoms with Crippen LogP contribution in [0.25, 0.3) is 22.3 Å². The van der Waals surface area contributed by atoms with Crippen molar-refractivity contribution in [2.24, 2.45) is 11.8 Å². The second kappa shape index (κ2) is 14.5. The van der Waals surface area contributed by atoms with Crippen LogP contribution in [-0.2, 0) is 6.42 Å². The van der Waals surface area contributed by atoms with Gasteiger partial charge < -0.3 is 4.74 Å². The van der Waals surface area contributed by atoms with Crippen molar-refractivity contribution >= 4 is 0 Å². The fourth-order valence-corrected chi connectivity index (χ4v) is 5.80. The first-order valence-corrected chi connectivity index (χ1v) is 14.9. The highest BCUT2D eigenvalue weighted by atomic mass is 19.2. The van der Waals surface area contributed by atoms with Gasteiger partial charge in [0, 0.05) is 11.1 Å². The van der Waals surface area contributed by atoms with Gasteiger partial charge in [-0.1, -0.05) is 120 Å². The molecule has 0 heterocycles. The maximum Gasteiger partial charge on any atom is 0.167 e. The molecule has 0 N–H and O–H groups in total.